The minimum atomic E-state index is 0.181. The van der Waals surface area contributed by atoms with Gasteiger partial charge in [0.25, 0.3) is 0 Å². The lowest BCUT2D eigenvalue weighted by Crippen LogP contribution is -2.36. The fourth-order valence-electron chi connectivity index (χ4n) is 2.80. The predicted molar refractivity (Wildman–Crippen MR) is 84.2 cm³/mol. The highest BCUT2D eigenvalue weighted by Crippen LogP contribution is 2.16. The van der Waals surface area contributed by atoms with Crippen molar-refractivity contribution in [2.75, 3.05) is 13.1 Å². The first-order chi connectivity index (χ1) is 10.1. The Morgan fingerprint density at radius 1 is 1.33 bits per heavy atom. The number of carbonyl (C=O) groups excluding carboxylic acids is 1. The van der Waals surface area contributed by atoms with Crippen LogP contribution in [0, 0.1) is 5.92 Å². The lowest BCUT2D eigenvalue weighted by molar-refractivity contribution is -0.122. The number of aromatic hydroxyl groups is 1. The van der Waals surface area contributed by atoms with Gasteiger partial charge in [-0.15, -0.1) is 0 Å². The van der Waals surface area contributed by atoms with Crippen LogP contribution in [0.4, 0.5) is 0 Å². The van der Waals surface area contributed by atoms with E-state index in [1.807, 2.05) is 12.1 Å². The maximum atomic E-state index is 12.0. The molecule has 1 aromatic carbocycles. The van der Waals surface area contributed by atoms with E-state index in [4.69, 9.17) is 0 Å². The molecule has 4 heteroatoms. The number of rotatable bonds is 6. The van der Waals surface area contributed by atoms with Gasteiger partial charge in [-0.3, -0.25) is 4.79 Å². The summed E-state index contributed by atoms with van der Waals surface area (Å²) >= 11 is 0. The van der Waals surface area contributed by atoms with Crippen molar-refractivity contribution in [3.05, 3.63) is 29.8 Å². The van der Waals surface area contributed by atoms with Crippen LogP contribution in [0.2, 0.25) is 0 Å². The molecular formula is C17H26N2O2. The zero-order valence-corrected chi connectivity index (χ0v) is 12.8. The van der Waals surface area contributed by atoms with Crippen molar-refractivity contribution in [3.8, 4) is 5.75 Å². The molecule has 0 aliphatic carbocycles. The number of aryl methyl sites for hydroxylation is 1. The molecule has 1 aliphatic heterocycles. The highest BCUT2D eigenvalue weighted by atomic mass is 16.3. The van der Waals surface area contributed by atoms with Gasteiger partial charge in [-0.05, 0) is 69.3 Å². The summed E-state index contributed by atoms with van der Waals surface area (Å²) in [7, 11) is 0. The van der Waals surface area contributed by atoms with E-state index in [-0.39, 0.29) is 11.9 Å². The van der Waals surface area contributed by atoms with Crippen molar-refractivity contribution in [1.82, 2.24) is 10.6 Å². The molecule has 0 radical (unpaired) electrons. The Morgan fingerprint density at radius 2 is 2.00 bits per heavy atom. The average molecular weight is 290 g/mol. The van der Waals surface area contributed by atoms with E-state index in [9.17, 15) is 9.90 Å². The van der Waals surface area contributed by atoms with Crippen LogP contribution in [-0.2, 0) is 11.2 Å². The van der Waals surface area contributed by atoms with Crippen molar-refractivity contribution < 1.29 is 9.90 Å². The van der Waals surface area contributed by atoms with Gasteiger partial charge in [0.1, 0.15) is 5.75 Å². The standard InChI is InChI=1S/C17H26N2O2/c1-13(2-3-14-4-6-16(20)7-5-14)19-17(21)12-15-8-10-18-11-9-15/h4-7,13,15,18,20H,2-3,8-12H2,1H3,(H,19,21)/t13-/m1/s1. The summed E-state index contributed by atoms with van der Waals surface area (Å²) in [5, 5.41) is 15.7. The average Bonchev–Trinajstić information content (AvgIpc) is 2.47. The molecule has 0 unspecified atom stereocenters. The number of hydrogen-bond donors (Lipinski definition) is 3. The second-order valence-electron chi connectivity index (χ2n) is 6.07. The first kappa shape index (κ1) is 15.8. The van der Waals surface area contributed by atoms with Crippen molar-refractivity contribution in [2.24, 2.45) is 5.92 Å². The van der Waals surface area contributed by atoms with E-state index in [0.717, 1.165) is 38.8 Å². The SMILES string of the molecule is C[C@H](CCc1ccc(O)cc1)NC(=O)CC1CCNCC1. The van der Waals surface area contributed by atoms with Gasteiger partial charge in [0.05, 0.1) is 0 Å². The van der Waals surface area contributed by atoms with Gasteiger partial charge in [0.2, 0.25) is 5.91 Å². The predicted octanol–water partition coefficient (Wildman–Crippen LogP) is 2.22. The van der Waals surface area contributed by atoms with Crippen LogP contribution in [0.1, 0.15) is 38.2 Å². The number of carbonyl (C=O) groups is 1. The van der Waals surface area contributed by atoms with Crippen molar-refractivity contribution in [1.29, 1.82) is 0 Å². The Kier molecular flexibility index (Phi) is 6.05. The van der Waals surface area contributed by atoms with Crippen molar-refractivity contribution in [3.63, 3.8) is 0 Å². The van der Waals surface area contributed by atoms with Crippen molar-refractivity contribution >= 4 is 5.91 Å². The van der Waals surface area contributed by atoms with E-state index in [1.54, 1.807) is 12.1 Å². The molecule has 1 fully saturated rings. The third-order valence-electron chi connectivity index (χ3n) is 4.14. The molecule has 1 amide bonds. The Balaban J connectivity index is 1.67. The molecule has 1 saturated heterocycles. The van der Waals surface area contributed by atoms with Gasteiger partial charge in [-0.2, -0.15) is 0 Å². The van der Waals surface area contributed by atoms with Gasteiger partial charge in [-0.1, -0.05) is 12.1 Å². The van der Waals surface area contributed by atoms with E-state index in [0.29, 0.717) is 18.1 Å². The molecule has 1 aromatic rings. The van der Waals surface area contributed by atoms with Gasteiger partial charge in [0, 0.05) is 12.5 Å². The lowest BCUT2D eigenvalue weighted by Gasteiger charge is -2.23. The Bertz CT molecular complexity index is 439. The van der Waals surface area contributed by atoms with Gasteiger partial charge in [-0.25, -0.2) is 0 Å². The van der Waals surface area contributed by atoms with Crippen LogP contribution < -0.4 is 10.6 Å². The number of piperidine rings is 1. The first-order valence-electron chi connectivity index (χ1n) is 7.91. The smallest absolute Gasteiger partial charge is 0.220 e. The monoisotopic (exact) mass is 290 g/mol. The third kappa shape index (κ3) is 5.76. The second-order valence-corrected chi connectivity index (χ2v) is 6.07. The molecule has 3 N–H and O–H groups in total. The van der Waals surface area contributed by atoms with E-state index < -0.39 is 0 Å². The van der Waals surface area contributed by atoms with Crippen LogP contribution in [-0.4, -0.2) is 30.1 Å². The Labute approximate surface area is 126 Å². The maximum Gasteiger partial charge on any atom is 0.220 e. The molecule has 0 spiro atoms. The van der Waals surface area contributed by atoms with Crippen LogP contribution in [0.25, 0.3) is 0 Å². The molecular weight excluding hydrogens is 264 g/mol. The van der Waals surface area contributed by atoms with Crippen LogP contribution in [0.5, 0.6) is 5.75 Å². The van der Waals surface area contributed by atoms with Gasteiger partial charge >= 0.3 is 0 Å². The number of amides is 1. The van der Waals surface area contributed by atoms with Gasteiger partial charge < -0.3 is 15.7 Å². The molecule has 1 heterocycles. The topological polar surface area (TPSA) is 61.4 Å². The number of phenolic OH excluding ortho intramolecular Hbond substituents is 1. The minimum Gasteiger partial charge on any atom is -0.508 e. The van der Waals surface area contributed by atoms with E-state index in [1.165, 1.54) is 5.56 Å². The quantitative estimate of drug-likeness (QED) is 0.753. The molecule has 0 saturated carbocycles. The van der Waals surface area contributed by atoms with E-state index >= 15 is 0 Å². The van der Waals surface area contributed by atoms with Crippen LogP contribution in [0.15, 0.2) is 24.3 Å². The number of benzene rings is 1. The third-order valence-corrected chi connectivity index (χ3v) is 4.14. The summed E-state index contributed by atoms with van der Waals surface area (Å²) in [4.78, 5) is 12.0. The minimum absolute atomic E-state index is 0.181. The summed E-state index contributed by atoms with van der Waals surface area (Å²) in [6, 6.07) is 7.46. The molecule has 0 bridgehead atoms. The fraction of sp³-hybridized carbons (Fsp3) is 0.588. The lowest BCUT2D eigenvalue weighted by atomic mass is 9.94. The zero-order valence-electron chi connectivity index (χ0n) is 12.8. The molecule has 4 nitrogen and oxygen atoms in total. The number of phenols is 1. The molecule has 2 rings (SSSR count). The normalized spacial score (nSPS) is 17.4. The maximum absolute atomic E-state index is 12.0. The summed E-state index contributed by atoms with van der Waals surface area (Å²) < 4.78 is 0. The Hall–Kier alpha value is -1.55. The summed E-state index contributed by atoms with van der Waals surface area (Å²) in [6.45, 7) is 4.13. The summed E-state index contributed by atoms with van der Waals surface area (Å²) in [5.41, 5.74) is 1.19. The largest absolute Gasteiger partial charge is 0.508 e. The molecule has 21 heavy (non-hydrogen) atoms. The van der Waals surface area contributed by atoms with Crippen LogP contribution >= 0.6 is 0 Å². The number of nitrogens with one attached hydrogen (secondary N) is 2. The molecule has 0 aromatic heterocycles. The fourth-order valence-corrected chi connectivity index (χ4v) is 2.80. The first-order valence-corrected chi connectivity index (χ1v) is 7.91. The Morgan fingerprint density at radius 3 is 2.67 bits per heavy atom. The highest BCUT2D eigenvalue weighted by molar-refractivity contribution is 5.76. The second kappa shape index (κ2) is 8.03. The van der Waals surface area contributed by atoms with Gasteiger partial charge in [0.15, 0.2) is 0 Å². The number of hydrogen-bond acceptors (Lipinski definition) is 3. The zero-order chi connectivity index (χ0) is 15.1. The van der Waals surface area contributed by atoms with Crippen molar-refractivity contribution in [2.45, 2.75) is 45.1 Å². The molecule has 1 atom stereocenters. The van der Waals surface area contributed by atoms with Crippen LogP contribution in [0.3, 0.4) is 0 Å². The highest BCUT2D eigenvalue weighted by Gasteiger charge is 2.17. The van der Waals surface area contributed by atoms with E-state index in [2.05, 4.69) is 17.6 Å². The summed E-state index contributed by atoms with van der Waals surface area (Å²) in [5.74, 6) is 1.01. The molecule has 116 valence electrons. The molecule has 1 aliphatic rings. The summed E-state index contributed by atoms with van der Waals surface area (Å²) in [6.07, 6.45) is 4.70.